The molecule has 2 atom stereocenters. The van der Waals surface area contributed by atoms with E-state index in [2.05, 4.69) is 4.74 Å². The highest BCUT2D eigenvalue weighted by atomic mass is 19.1. The Hall–Kier alpha value is -1.62. The van der Waals surface area contributed by atoms with Gasteiger partial charge in [-0.05, 0) is 31.5 Å². The molecule has 0 saturated heterocycles. The number of carbonyl (C=O) groups is 1. The zero-order valence-electron chi connectivity index (χ0n) is 9.94. The Morgan fingerprint density at radius 2 is 2.06 bits per heavy atom. The molecule has 4 nitrogen and oxygen atoms in total. The zero-order chi connectivity index (χ0) is 13.0. The zero-order valence-corrected chi connectivity index (χ0v) is 9.94. The summed E-state index contributed by atoms with van der Waals surface area (Å²) in [6.07, 6.45) is -1.64. The number of ether oxygens (including phenoxy) is 2. The van der Waals surface area contributed by atoms with Gasteiger partial charge >= 0.3 is 5.97 Å². The highest BCUT2D eigenvalue weighted by Gasteiger charge is 2.17. The van der Waals surface area contributed by atoms with Crippen LogP contribution in [-0.4, -0.2) is 24.3 Å². The van der Waals surface area contributed by atoms with Gasteiger partial charge in [-0.1, -0.05) is 6.07 Å². The third kappa shape index (κ3) is 3.42. The van der Waals surface area contributed by atoms with Crippen molar-refractivity contribution in [3.8, 4) is 5.75 Å². The number of aliphatic hydroxyl groups excluding tert-OH is 1. The van der Waals surface area contributed by atoms with E-state index in [-0.39, 0.29) is 5.75 Å². The fourth-order valence-corrected chi connectivity index (χ4v) is 1.28. The summed E-state index contributed by atoms with van der Waals surface area (Å²) in [6, 6.07) is 4.08. The number of aliphatic hydroxyl groups is 1. The number of esters is 1. The van der Waals surface area contributed by atoms with E-state index in [9.17, 15) is 14.3 Å². The van der Waals surface area contributed by atoms with Crippen LogP contribution in [0.3, 0.4) is 0 Å². The van der Waals surface area contributed by atoms with Crippen LogP contribution in [0.5, 0.6) is 5.75 Å². The summed E-state index contributed by atoms with van der Waals surface area (Å²) < 4.78 is 23.1. The summed E-state index contributed by atoms with van der Waals surface area (Å²) in [5.41, 5.74) is 0.445. The fraction of sp³-hybridized carbons (Fsp3) is 0.417. The second-order valence-corrected chi connectivity index (χ2v) is 3.65. The van der Waals surface area contributed by atoms with Gasteiger partial charge in [-0.25, -0.2) is 9.18 Å². The minimum Gasteiger partial charge on any atom is -0.476 e. The van der Waals surface area contributed by atoms with Crippen molar-refractivity contribution in [2.24, 2.45) is 0 Å². The molecule has 1 N–H and O–H groups in total. The molecule has 0 spiro atoms. The Morgan fingerprint density at radius 3 is 2.53 bits per heavy atom. The Bertz CT molecular complexity index is 403. The number of halogens is 1. The molecule has 0 aliphatic rings. The average molecular weight is 242 g/mol. The minimum atomic E-state index is -0.883. The first-order valence-corrected chi connectivity index (χ1v) is 5.17. The first-order chi connectivity index (χ1) is 7.95. The fourth-order valence-electron chi connectivity index (χ4n) is 1.28. The predicted octanol–water partition coefficient (Wildman–Crippen LogP) is 1.82. The molecule has 1 unspecified atom stereocenters. The maximum absolute atomic E-state index is 13.5. The van der Waals surface area contributed by atoms with Crippen LogP contribution in [0, 0.1) is 5.82 Å². The summed E-state index contributed by atoms with van der Waals surface area (Å²) in [4.78, 5) is 11.1. The van der Waals surface area contributed by atoms with Crippen molar-refractivity contribution in [3.05, 3.63) is 29.6 Å². The van der Waals surface area contributed by atoms with Crippen molar-refractivity contribution in [1.82, 2.24) is 0 Å². The second-order valence-electron chi connectivity index (χ2n) is 3.65. The summed E-state index contributed by atoms with van der Waals surface area (Å²) >= 11 is 0. The largest absolute Gasteiger partial charge is 0.476 e. The van der Waals surface area contributed by atoms with Crippen molar-refractivity contribution in [2.45, 2.75) is 26.1 Å². The Balaban J connectivity index is 2.83. The molecule has 0 aliphatic carbocycles. The van der Waals surface area contributed by atoms with Crippen LogP contribution in [0.2, 0.25) is 0 Å². The molecule has 0 fully saturated rings. The van der Waals surface area contributed by atoms with Gasteiger partial charge in [0.05, 0.1) is 13.2 Å². The van der Waals surface area contributed by atoms with Gasteiger partial charge in [0.2, 0.25) is 0 Å². The normalized spacial score (nSPS) is 13.9. The van der Waals surface area contributed by atoms with Crippen LogP contribution in [0.1, 0.15) is 25.5 Å². The summed E-state index contributed by atoms with van der Waals surface area (Å²) in [5.74, 6) is -1.25. The molecule has 0 bridgehead atoms. The third-order valence-corrected chi connectivity index (χ3v) is 2.28. The Kier molecular flexibility index (Phi) is 4.45. The van der Waals surface area contributed by atoms with Crippen LogP contribution in [-0.2, 0) is 9.53 Å². The van der Waals surface area contributed by atoms with E-state index in [1.165, 1.54) is 39.2 Å². The van der Waals surface area contributed by atoms with Gasteiger partial charge in [0, 0.05) is 0 Å². The molecule has 0 radical (unpaired) electrons. The first kappa shape index (κ1) is 13.4. The van der Waals surface area contributed by atoms with E-state index >= 15 is 0 Å². The van der Waals surface area contributed by atoms with Crippen LogP contribution < -0.4 is 4.74 Å². The molecule has 0 heterocycles. The smallest absolute Gasteiger partial charge is 0.346 e. The van der Waals surface area contributed by atoms with Gasteiger partial charge in [0.25, 0.3) is 0 Å². The summed E-state index contributed by atoms with van der Waals surface area (Å²) in [5, 5.41) is 9.27. The molecule has 0 amide bonds. The number of hydrogen-bond acceptors (Lipinski definition) is 4. The molecule has 0 aromatic heterocycles. The van der Waals surface area contributed by atoms with Crippen LogP contribution in [0.25, 0.3) is 0 Å². The van der Waals surface area contributed by atoms with Gasteiger partial charge in [-0.3, -0.25) is 0 Å². The lowest BCUT2D eigenvalue weighted by molar-refractivity contribution is -0.148. The lowest BCUT2D eigenvalue weighted by Gasteiger charge is -2.14. The van der Waals surface area contributed by atoms with E-state index < -0.39 is 24.0 Å². The van der Waals surface area contributed by atoms with Gasteiger partial charge in [-0.15, -0.1) is 0 Å². The number of rotatable bonds is 4. The Morgan fingerprint density at radius 1 is 1.41 bits per heavy atom. The molecule has 0 saturated carbocycles. The molecule has 1 rings (SSSR count). The molecule has 94 valence electrons. The topological polar surface area (TPSA) is 55.8 Å². The van der Waals surface area contributed by atoms with Crippen molar-refractivity contribution >= 4 is 5.97 Å². The molecule has 0 aliphatic heterocycles. The quantitative estimate of drug-likeness (QED) is 0.818. The maximum atomic E-state index is 13.5. The van der Waals surface area contributed by atoms with E-state index in [4.69, 9.17) is 4.74 Å². The number of benzene rings is 1. The standard InChI is InChI=1S/C12H15FO4/c1-7(14)9-4-5-11(10(13)6-9)17-8(2)12(15)16-3/h4-8,14H,1-3H3/t7-,8?/m0/s1. The molecule has 5 heteroatoms. The number of carbonyl (C=O) groups excluding carboxylic acids is 1. The predicted molar refractivity (Wildman–Crippen MR) is 59.1 cm³/mol. The van der Waals surface area contributed by atoms with E-state index in [1.54, 1.807) is 0 Å². The molecule has 17 heavy (non-hydrogen) atoms. The molecular weight excluding hydrogens is 227 g/mol. The molecule has 1 aromatic carbocycles. The average Bonchev–Trinajstić information content (AvgIpc) is 2.30. The van der Waals surface area contributed by atoms with Crippen molar-refractivity contribution in [2.75, 3.05) is 7.11 Å². The highest BCUT2D eigenvalue weighted by Crippen LogP contribution is 2.22. The van der Waals surface area contributed by atoms with Crippen molar-refractivity contribution in [1.29, 1.82) is 0 Å². The lowest BCUT2D eigenvalue weighted by atomic mass is 10.1. The van der Waals surface area contributed by atoms with Crippen molar-refractivity contribution < 1.29 is 23.8 Å². The number of methoxy groups -OCH3 is 1. The third-order valence-electron chi connectivity index (χ3n) is 2.28. The van der Waals surface area contributed by atoms with E-state index in [0.29, 0.717) is 5.56 Å². The minimum absolute atomic E-state index is 0.0488. The molecular formula is C12H15FO4. The lowest BCUT2D eigenvalue weighted by Crippen LogP contribution is -2.25. The summed E-state index contributed by atoms with van der Waals surface area (Å²) in [6.45, 7) is 3.00. The maximum Gasteiger partial charge on any atom is 0.346 e. The van der Waals surface area contributed by atoms with Crippen molar-refractivity contribution in [3.63, 3.8) is 0 Å². The monoisotopic (exact) mass is 242 g/mol. The van der Waals surface area contributed by atoms with Gasteiger partial charge in [-0.2, -0.15) is 0 Å². The van der Waals surface area contributed by atoms with Crippen LogP contribution >= 0.6 is 0 Å². The first-order valence-electron chi connectivity index (χ1n) is 5.17. The highest BCUT2D eigenvalue weighted by molar-refractivity contribution is 5.74. The Labute approximate surface area is 99.0 Å². The van der Waals surface area contributed by atoms with E-state index in [1.807, 2.05) is 0 Å². The summed E-state index contributed by atoms with van der Waals surface area (Å²) in [7, 11) is 1.23. The van der Waals surface area contributed by atoms with Gasteiger partial charge in [0.1, 0.15) is 0 Å². The van der Waals surface area contributed by atoms with Gasteiger partial charge in [0.15, 0.2) is 17.7 Å². The van der Waals surface area contributed by atoms with Crippen LogP contribution in [0.15, 0.2) is 18.2 Å². The second kappa shape index (κ2) is 5.63. The molecule has 1 aromatic rings. The number of hydrogen-bond donors (Lipinski definition) is 1. The van der Waals surface area contributed by atoms with Gasteiger partial charge < -0.3 is 14.6 Å². The van der Waals surface area contributed by atoms with Crippen LogP contribution in [0.4, 0.5) is 4.39 Å². The van der Waals surface area contributed by atoms with E-state index in [0.717, 1.165) is 0 Å². The SMILES string of the molecule is COC(=O)C(C)Oc1ccc([C@H](C)O)cc1F.